The van der Waals surface area contributed by atoms with E-state index in [2.05, 4.69) is 10.6 Å². The van der Waals surface area contributed by atoms with Crippen molar-refractivity contribution in [2.45, 2.75) is 13.0 Å². The predicted molar refractivity (Wildman–Crippen MR) is 91.4 cm³/mol. The second-order valence-electron chi connectivity index (χ2n) is 5.48. The molecule has 0 bridgehead atoms. The Hall–Kier alpha value is -3.08. The Morgan fingerprint density at radius 3 is 2.38 bits per heavy atom. The van der Waals surface area contributed by atoms with E-state index in [9.17, 15) is 9.59 Å². The Balaban J connectivity index is 2.21. The normalized spacial score (nSPS) is 17.1. The molecular weight excluding hydrogens is 304 g/mol. The van der Waals surface area contributed by atoms with Crippen LogP contribution in [0.4, 0.5) is 4.79 Å². The first-order valence-electron chi connectivity index (χ1n) is 7.62. The maximum atomic E-state index is 12.4. The number of amides is 2. The summed E-state index contributed by atoms with van der Waals surface area (Å²) in [4.78, 5) is 24.6. The number of ether oxygens (including phenoxy) is 1. The highest BCUT2D eigenvalue weighted by Gasteiger charge is 2.32. The second-order valence-corrected chi connectivity index (χ2v) is 5.48. The Morgan fingerprint density at radius 2 is 1.71 bits per heavy atom. The fourth-order valence-electron chi connectivity index (χ4n) is 2.91. The fourth-order valence-corrected chi connectivity index (χ4v) is 2.91. The largest absolute Gasteiger partial charge is 0.496 e. The average Bonchev–Trinajstić information content (AvgIpc) is 2.61. The number of nitrogens with one attached hydrogen (secondary N) is 2. The lowest BCUT2D eigenvalue weighted by molar-refractivity contribution is -0.113. The first-order valence-corrected chi connectivity index (χ1v) is 7.62. The van der Waals surface area contributed by atoms with Crippen LogP contribution in [0.2, 0.25) is 0 Å². The van der Waals surface area contributed by atoms with Gasteiger partial charge in [0.1, 0.15) is 5.75 Å². The molecule has 1 atom stereocenters. The highest BCUT2D eigenvalue weighted by atomic mass is 16.5. The first kappa shape index (κ1) is 15.8. The third kappa shape index (κ3) is 2.88. The van der Waals surface area contributed by atoms with Gasteiger partial charge >= 0.3 is 6.03 Å². The zero-order valence-corrected chi connectivity index (χ0v) is 13.5. The van der Waals surface area contributed by atoms with Gasteiger partial charge in [-0.1, -0.05) is 48.5 Å². The number of hydrogen-bond donors (Lipinski definition) is 2. The van der Waals surface area contributed by atoms with Gasteiger partial charge in [0, 0.05) is 11.1 Å². The van der Waals surface area contributed by atoms with Crippen LogP contribution in [0.25, 0.3) is 5.70 Å². The predicted octanol–water partition coefficient (Wildman–Crippen LogP) is 3.05. The van der Waals surface area contributed by atoms with Gasteiger partial charge in [0.2, 0.25) is 0 Å². The van der Waals surface area contributed by atoms with Crippen LogP contribution < -0.4 is 15.4 Å². The molecule has 24 heavy (non-hydrogen) atoms. The molecule has 5 nitrogen and oxygen atoms in total. The van der Waals surface area contributed by atoms with Crippen molar-refractivity contribution in [1.29, 1.82) is 0 Å². The monoisotopic (exact) mass is 322 g/mol. The molecule has 2 N–H and O–H groups in total. The van der Waals surface area contributed by atoms with Gasteiger partial charge in [-0.2, -0.15) is 0 Å². The molecule has 0 radical (unpaired) electrons. The second kappa shape index (κ2) is 6.58. The number of para-hydroxylation sites is 1. The summed E-state index contributed by atoms with van der Waals surface area (Å²) < 4.78 is 5.40. The van der Waals surface area contributed by atoms with Crippen molar-refractivity contribution in [3.05, 3.63) is 71.3 Å². The molecule has 5 heteroatoms. The van der Waals surface area contributed by atoms with Crippen LogP contribution in [0.3, 0.4) is 0 Å². The third-order valence-electron chi connectivity index (χ3n) is 3.96. The summed E-state index contributed by atoms with van der Waals surface area (Å²) >= 11 is 0. The minimum Gasteiger partial charge on any atom is -0.496 e. The first-order chi connectivity index (χ1) is 11.6. The standard InChI is InChI=1S/C19H18N2O3/c1-12(22)16-17(13-8-4-3-5-9-13)20-19(23)21-18(16)14-10-6-7-11-15(14)24-2/h3-11,18H,1-2H3,(H2,20,21,23). The molecule has 0 saturated heterocycles. The van der Waals surface area contributed by atoms with Crippen LogP contribution in [-0.4, -0.2) is 18.9 Å². The van der Waals surface area contributed by atoms with Crippen LogP contribution in [0.1, 0.15) is 24.1 Å². The van der Waals surface area contributed by atoms with Gasteiger partial charge in [0.05, 0.1) is 18.8 Å². The molecule has 0 saturated carbocycles. The van der Waals surface area contributed by atoms with Crippen LogP contribution in [0.15, 0.2) is 60.2 Å². The van der Waals surface area contributed by atoms with Gasteiger partial charge in [0.15, 0.2) is 5.78 Å². The number of benzene rings is 2. The molecule has 1 aliphatic rings. The highest BCUT2D eigenvalue weighted by Crippen LogP contribution is 2.35. The maximum absolute atomic E-state index is 12.4. The Labute approximate surface area is 140 Å². The summed E-state index contributed by atoms with van der Waals surface area (Å²) in [6.45, 7) is 1.50. The number of ketones is 1. The summed E-state index contributed by atoms with van der Waals surface area (Å²) in [6.07, 6.45) is 0. The zero-order valence-electron chi connectivity index (χ0n) is 13.5. The van der Waals surface area contributed by atoms with E-state index in [0.29, 0.717) is 17.0 Å². The SMILES string of the molecule is COc1ccccc1C1NC(=O)NC(c2ccccc2)=C1C(C)=O. The number of carbonyl (C=O) groups is 2. The lowest BCUT2D eigenvalue weighted by atomic mass is 9.90. The molecule has 3 rings (SSSR count). The molecule has 0 aliphatic carbocycles. The minimum absolute atomic E-state index is 0.114. The van der Waals surface area contributed by atoms with Gasteiger partial charge in [-0.25, -0.2) is 4.79 Å². The van der Waals surface area contributed by atoms with Crippen molar-refractivity contribution < 1.29 is 14.3 Å². The van der Waals surface area contributed by atoms with Crippen LogP contribution in [-0.2, 0) is 4.79 Å². The Kier molecular flexibility index (Phi) is 4.33. The molecule has 122 valence electrons. The van der Waals surface area contributed by atoms with Gasteiger partial charge in [-0.05, 0) is 18.6 Å². The number of rotatable bonds is 4. The maximum Gasteiger partial charge on any atom is 0.320 e. The molecule has 1 aliphatic heterocycles. The molecule has 1 heterocycles. The van der Waals surface area contributed by atoms with E-state index in [4.69, 9.17) is 4.74 Å². The number of Topliss-reactive ketones (excluding diaryl/α,β-unsaturated/α-hetero) is 1. The van der Waals surface area contributed by atoms with E-state index in [1.54, 1.807) is 7.11 Å². The van der Waals surface area contributed by atoms with E-state index >= 15 is 0 Å². The van der Waals surface area contributed by atoms with E-state index in [1.165, 1.54) is 6.92 Å². The molecular formula is C19H18N2O3. The lowest BCUT2D eigenvalue weighted by Gasteiger charge is -2.30. The topological polar surface area (TPSA) is 67.4 Å². The van der Waals surface area contributed by atoms with E-state index < -0.39 is 6.04 Å². The van der Waals surface area contributed by atoms with Crippen molar-refractivity contribution in [3.8, 4) is 5.75 Å². The minimum atomic E-state index is -0.567. The molecule has 2 aromatic rings. The number of carbonyl (C=O) groups excluding carboxylic acids is 2. The lowest BCUT2D eigenvalue weighted by Crippen LogP contribution is -2.44. The fraction of sp³-hybridized carbons (Fsp3) is 0.158. The summed E-state index contributed by atoms with van der Waals surface area (Å²) in [7, 11) is 1.57. The van der Waals surface area contributed by atoms with Crippen LogP contribution in [0.5, 0.6) is 5.75 Å². The van der Waals surface area contributed by atoms with Crippen molar-refractivity contribution in [1.82, 2.24) is 10.6 Å². The molecule has 0 spiro atoms. The molecule has 0 fully saturated rings. The summed E-state index contributed by atoms with van der Waals surface area (Å²) in [5, 5.41) is 5.60. The molecule has 0 aromatic heterocycles. The third-order valence-corrected chi connectivity index (χ3v) is 3.96. The summed E-state index contributed by atoms with van der Waals surface area (Å²) in [6, 6.07) is 15.8. The van der Waals surface area contributed by atoms with Gasteiger partial charge < -0.3 is 15.4 Å². The highest BCUT2D eigenvalue weighted by molar-refractivity contribution is 6.07. The molecule has 2 aromatic carbocycles. The van der Waals surface area contributed by atoms with E-state index in [-0.39, 0.29) is 11.8 Å². The van der Waals surface area contributed by atoms with E-state index in [0.717, 1.165) is 11.1 Å². The van der Waals surface area contributed by atoms with Crippen molar-refractivity contribution in [2.75, 3.05) is 7.11 Å². The Morgan fingerprint density at radius 1 is 1.04 bits per heavy atom. The smallest absolute Gasteiger partial charge is 0.320 e. The zero-order chi connectivity index (χ0) is 17.1. The van der Waals surface area contributed by atoms with Crippen molar-refractivity contribution in [3.63, 3.8) is 0 Å². The van der Waals surface area contributed by atoms with Gasteiger partial charge in [-0.15, -0.1) is 0 Å². The van der Waals surface area contributed by atoms with Crippen LogP contribution >= 0.6 is 0 Å². The number of methoxy groups -OCH3 is 1. The van der Waals surface area contributed by atoms with Gasteiger partial charge in [-0.3, -0.25) is 4.79 Å². The molecule has 1 unspecified atom stereocenters. The van der Waals surface area contributed by atoms with E-state index in [1.807, 2.05) is 54.6 Å². The van der Waals surface area contributed by atoms with Crippen molar-refractivity contribution in [2.24, 2.45) is 0 Å². The number of hydrogen-bond acceptors (Lipinski definition) is 3. The van der Waals surface area contributed by atoms with Gasteiger partial charge in [0.25, 0.3) is 0 Å². The average molecular weight is 322 g/mol. The van der Waals surface area contributed by atoms with Crippen LogP contribution in [0, 0.1) is 0 Å². The quantitative estimate of drug-likeness (QED) is 0.909. The van der Waals surface area contributed by atoms with Crippen molar-refractivity contribution >= 4 is 17.5 Å². The Bertz CT molecular complexity index is 812. The molecule has 2 amide bonds. The summed E-state index contributed by atoms with van der Waals surface area (Å²) in [5.74, 6) is 0.508. The number of urea groups is 1. The summed E-state index contributed by atoms with van der Waals surface area (Å²) in [5.41, 5.74) is 2.57.